The van der Waals surface area contributed by atoms with E-state index in [2.05, 4.69) is 13.8 Å². The van der Waals surface area contributed by atoms with Crippen molar-refractivity contribution >= 4 is 10.8 Å². The average molecular weight is 217 g/mol. The molecule has 16 heavy (non-hydrogen) atoms. The Labute approximate surface area is 94.0 Å². The summed E-state index contributed by atoms with van der Waals surface area (Å²) in [7, 11) is 1.73. The summed E-state index contributed by atoms with van der Waals surface area (Å²) in [6, 6.07) is 4.96. The quantitative estimate of drug-likeness (QED) is 0.796. The minimum Gasteiger partial charge on any atom is -0.508 e. The summed E-state index contributed by atoms with van der Waals surface area (Å²) >= 11 is 0. The molecule has 1 aromatic carbocycles. The van der Waals surface area contributed by atoms with E-state index in [-0.39, 0.29) is 11.3 Å². The first-order chi connectivity index (χ1) is 7.50. The van der Waals surface area contributed by atoms with E-state index < -0.39 is 0 Å². The van der Waals surface area contributed by atoms with Crippen LogP contribution in [-0.4, -0.2) is 9.67 Å². The van der Waals surface area contributed by atoms with E-state index in [0.29, 0.717) is 11.3 Å². The number of phenols is 1. The van der Waals surface area contributed by atoms with Crippen LogP contribution < -0.4 is 5.56 Å². The standard InChI is InChI=1S/C13H15NO2/c1-8(2)12-7-14(3)13(16)11-6-9(15)4-5-10(11)12/h4-8,15H,1-3H3. The van der Waals surface area contributed by atoms with Crippen LogP contribution in [0.3, 0.4) is 0 Å². The van der Waals surface area contributed by atoms with Crippen molar-refractivity contribution in [1.82, 2.24) is 4.57 Å². The van der Waals surface area contributed by atoms with Gasteiger partial charge in [-0.2, -0.15) is 0 Å². The Kier molecular flexibility index (Phi) is 2.46. The summed E-state index contributed by atoms with van der Waals surface area (Å²) in [6.45, 7) is 4.18. The van der Waals surface area contributed by atoms with Gasteiger partial charge in [0, 0.05) is 13.2 Å². The van der Waals surface area contributed by atoms with Gasteiger partial charge in [-0.25, -0.2) is 0 Å². The smallest absolute Gasteiger partial charge is 0.258 e. The number of fused-ring (bicyclic) bond motifs is 1. The molecule has 84 valence electrons. The Hall–Kier alpha value is -1.77. The molecule has 0 saturated heterocycles. The Morgan fingerprint density at radius 1 is 1.25 bits per heavy atom. The normalized spacial score (nSPS) is 11.2. The van der Waals surface area contributed by atoms with Crippen molar-refractivity contribution in [3.63, 3.8) is 0 Å². The molecule has 0 bridgehead atoms. The molecule has 1 N–H and O–H groups in total. The predicted molar refractivity (Wildman–Crippen MR) is 64.9 cm³/mol. The van der Waals surface area contributed by atoms with Gasteiger partial charge in [0.05, 0.1) is 5.39 Å². The number of nitrogens with zero attached hydrogens (tertiary/aromatic N) is 1. The van der Waals surface area contributed by atoms with E-state index in [0.717, 1.165) is 10.9 Å². The third kappa shape index (κ3) is 1.58. The molecule has 1 heterocycles. The topological polar surface area (TPSA) is 42.2 Å². The first-order valence-corrected chi connectivity index (χ1v) is 5.33. The van der Waals surface area contributed by atoms with E-state index >= 15 is 0 Å². The van der Waals surface area contributed by atoms with Crippen molar-refractivity contribution in [2.75, 3.05) is 0 Å². The zero-order valence-electron chi connectivity index (χ0n) is 9.69. The van der Waals surface area contributed by atoms with Gasteiger partial charge in [0.25, 0.3) is 5.56 Å². The van der Waals surface area contributed by atoms with Crippen molar-refractivity contribution in [2.45, 2.75) is 19.8 Å². The van der Waals surface area contributed by atoms with Gasteiger partial charge >= 0.3 is 0 Å². The lowest BCUT2D eigenvalue weighted by Gasteiger charge is -2.12. The maximum Gasteiger partial charge on any atom is 0.258 e. The Morgan fingerprint density at radius 2 is 1.94 bits per heavy atom. The molecule has 0 fully saturated rings. The molecule has 0 unspecified atom stereocenters. The number of aromatic hydroxyl groups is 1. The number of hydrogen-bond donors (Lipinski definition) is 1. The minimum atomic E-state index is -0.0738. The number of aromatic nitrogens is 1. The maximum absolute atomic E-state index is 11.9. The predicted octanol–water partition coefficient (Wildman–Crippen LogP) is 2.37. The highest BCUT2D eigenvalue weighted by Gasteiger charge is 2.10. The van der Waals surface area contributed by atoms with Crippen LogP contribution in [-0.2, 0) is 7.05 Å². The zero-order chi connectivity index (χ0) is 11.9. The molecular formula is C13H15NO2. The number of rotatable bonds is 1. The zero-order valence-corrected chi connectivity index (χ0v) is 9.69. The number of pyridine rings is 1. The molecule has 0 atom stereocenters. The molecule has 0 spiro atoms. The number of benzene rings is 1. The van der Waals surface area contributed by atoms with Gasteiger partial charge < -0.3 is 9.67 Å². The molecule has 0 saturated carbocycles. The largest absolute Gasteiger partial charge is 0.508 e. The van der Waals surface area contributed by atoms with Crippen molar-refractivity contribution in [1.29, 1.82) is 0 Å². The molecule has 2 rings (SSSR count). The monoisotopic (exact) mass is 217 g/mol. The molecule has 2 aromatic rings. The second-order valence-electron chi connectivity index (χ2n) is 4.39. The van der Waals surface area contributed by atoms with Gasteiger partial charge in [-0.3, -0.25) is 4.79 Å². The first kappa shape index (κ1) is 10.7. The van der Waals surface area contributed by atoms with E-state index in [1.807, 2.05) is 6.20 Å². The van der Waals surface area contributed by atoms with Crippen molar-refractivity contribution in [2.24, 2.45) is 7.05 Å². The SMILES string of the molecule is CC(C)c1cn(C)c(=O)c2cc(O)ccc12. The molecule has 3 heteroatoms. The second kappa shape index (κ2) is 3.67. The molecular weight excluding hydrogens is 202 g/mol. The van der Waals surface area contributed by atoms with Crippen LogP contribution in [0.1, 0.15) is 25.3 Å². The summed E-state index contributed by atoms with van der Waals surface area (Å²) in [5.41, 5.74) is 1.05. The van der Waals surface area contributed by atoms with Crippen molar-refractivity contribution in [3.8, 4) is 5.75 Å². The molecule has 0 amide bonds. The third-order valence-electron chi connectivity index (χ3n) is 2.82. The Bertz CT molecular complexity index is 597. The van der Waals surface area contributed by atoms with Crippen LogP contribution in [0.4, 0.5) is 0 Å². The molecule has 0 aliphatic carbocycles. The second-order valence-corrected chi connectivity index (χ2v) is 4.39. The van der Waals surface area contributed by atoms with Crippen molar-refractivity contribution < 1.29 is 5.11 Å². The minimum absolute atomic E-state index is 0.0738. The van der Waals surface area contributed by atoms with Gasteiger partial charge in [0.1, 0.15) is 5.75 Å². The molecule has 3 nitrogen and oxygen atoms in total. The van der Waals surface area contributed by atoms with Crippen LogP contribution in [0.2, 0.25) is 0 Å². The lowest BCUT2D eigenvalue weighted by molar-refractivity contribution is 0.476. The van der Waals surface area contributed by atoms with Crippen LogP contribution >= 0.6 is 0 Å². The molecule has 0 aliphatic heterocycles. The fourth-order valence-corrected chi connectivity index (χ4v) is 1.95. The highest BCUT2D eigenvalue weighted by atomic mass is 16.3. The van der Waals surface area contributed by atoms with Crippen LogP contribution in [0, 0.1) is 0 Å². The average Bonchev–Trinajstić information content (AvgIpc) is 2.23. The lowest BCUT2D eigenvalue weighted by atomic mass is 9.98. The van der Waals surface area contributed by atoms with E-state index in [4.69, 9.17) is 0 Å². The van der Waals surface area contributed by atoms with Crippen LogP contribution in [0.5, 0.6) is 5.75 Å². The third-order valence-corrected chi connectivity index (χ3v) is 2.82. The summed E-state index contributed by atoms with van der Waals surface area (Å²) in [4.78, 5) is 11.9. The molecule has 1 aromatic heterocycles. The van der Waals surface area contributed by atoms with E-state index in [9.17, 15) is 9.90 Å². The maximum atomic E-state index is 11.9. The van der Waals surface area contributed by atoms with Crippen LogP contribution in [0.15, 0.2) is 29.2 Å². The number of phenolic OH excluding ortho intramolecular Hbond substituents is 1. The molecule has 0 aliphatic rings. The summed E-state index contributed by atoms with van der Waals surface area (Å²) < 4.78 is 1.57. The fraction of sp³-hybridized carbons (Fsp3) is 0.308. The van der Waals surface area contributed by atoms with Crippen LogP contribution in [0.25, 0.3) is 10.8 Å². The summed E-state index contributed by atoms with van der Waals surface area (Å²) in [6.07, 6.45) is 1.87. The number of hydrogen-bond acceptors (Lipinski definition) is 2. The van der Waals surface area contributed by atoms with Gasteiger partial charge in [-0.05, 0) is 29.0 Å². The van der Waals surface area contributed by atoms with Gasteiger partial charge in [0.15, 0.2) is 0 Å². The van der Waals surface area contributed by atoms with Gasteiger partial charge in [0.2, 0.25) is 0 Å². The molecule has 0 radical (unpaired) electrons. The summed E-state index contributed by atoms with van der Waals surface area (Å²) in [5, 5.41) is 10.9. The first-order valence-electron chi connectivity index (χ1n) is 5.33. The van der Waals surface area contributed by atoms with E-state index in [1.54, 1.807) is 23.7 Å². The summed E-state index contributed by atoms with van der Waals surface area (Å²) in [5.74, 6) is 0.476. The van der Waals surface area contributed by atoms with Gasteiger partial charge in [-0.1, -0.05) is 19.9 Å². The Morgan fingerprint density at radius 3 is 2.56 bits per heavy atom. The highest BCUT2D eigenvalue weighted by molar-refractivity contribution is 5.86. The van der Waals surface area contributed by atoms with Crippen molar-refractivity contribution in [3.05, 3.63) is 40.3 Å². The lowest BCUT2D eigenvalue weighted by Crippen LogP contribution is -2.17. The van der Waals surface area contributed by atoms with E-state index in [1.165, 1.54) is 6.07 Å². The fourth-order valence-electron chi connectivity index (χ4n) is 1.95. The Balaban J connectivity index is 2.95. The highest BCUT2D eigenvalue weighted by Crippen LogP contribution is 2.25. The number of aryl methyl sites for hydroxylation is 1. The van der Waals surface area contributed by atoms with Gasteiger partial charge in [-0.15, -0.1) is 0 Å².